The van der Waals surface area contributed by atoms with Crippen molar-refractivity contribution in [1.29, 1.82) is 0 Å². The predicted molar refractivity (Wildman–Crippen MR) is 71.5 cm³/mol. The SMILES string of the molecule is [Br][Ir-3]([Br])([Br])([Br])([Br])[Br].[NH4+].[NH4+].[NH4+]. The molecule has 0 fully saturated rings. The fourth-order valence-corrected chi connectivity index (χ4v) is 0. The van der Waals surface area contributed by atoms with Crippen LogP contribution in [-0.4, -0.2) is 0 Å². The largest absolute Gasteiger partial charge is 0.369 e. The molecule has 0 aromatic heterocycles. The first-order valence-electron chi connectivity index (χ1n) is 0.756. The van der Waals surface area contributed by atoms with Gasteiger partial charge in [0, 0.05) is 0 Å². The molecule has 0 rings (SSSR count). The van der Waals surface area contributed by atoms with E-state index in [9.17, 15) is 0 Å². The Balaban J connectivity index is -0.0000000600. The van der Waals surface area contributed by atoms with Crippen molar-refractivity contribution >= 4 is 81.0 Å². The Bertz CT molecular complexity index is 71.6. The summed E-state index contributed by atoms with van der Waals surface area (Å²) in [5.74, 6) is 0. The van der Waals surface area contributed by atoms with Crippen LogP contribution in [-0.2, 0) is 0.881 Å². The standard InChI is InChI=1S/6BrH.Ir.3H3N/h6*1H;;3*1H3/q;;;;;;+3;;;/p-3. The molecule has 10 heteroatoms. The van der Waals surface area contributed by atoms with Gasteiger partial charge in [0.1, 0.15) is 0 Å². The number of rotatable bonds is 0. The van der Waals surface area contributed by atoms with E-state index in [1.807, 2.05) is 0 Å². The molecule has 0 aliphatic heterocycles. The smallest absolute Gasteiger partial charge is 0.369 e. The summed E-state index contributed by atoms with van der Waals surface area (Å²) >= 11 is 20.1. The molecule has 0 aromatic rings. The Morgan fingerprint density at radius 3 is 0.500 bits per heavy atom. The molecule has 0 unspecified atom stereocenters. The monoisotopic (exact) mass is 721 g/mol. The molecule has 0 saturated heterocycles. The van der Waals surface area contributed by atoms with E-state index < -0.39 is 0.881 Å². The normalized spacial score (nSPS) is 16.2. The van der Waals surface area contributed by atoms with Gasteiger partial charge >= 0.3 is 81.8 Å². The zero-order valence-corrected chi connectivity index (χ0v) is 17.5. The van der Waals surface area contributed by atoms with Crippen LogP contribution in [0.4, 0.5) is 0 Å². The minimum Gasteiger partial charge on any atom is -0.369 e. The third-order valence-corrected chi connectivity index (χ3v) is 0. The second kappa shape index (κ2) is 4.77. The van der Waals surface area contributed by atoms with E-state index in [0.29, 0.717) is 0 Å². The van der Waals surface area contributed by atoms with E-state index in [2.05, 4.69) is 81.0 Å². The molecule has 0 aliphatic rings. The van der Waals surface area contributed by atoms with Crippen LogP contribution in [0, 0.1) is 0 Å². The molecular weight excluding hydrogens is 714 g/mol. The first-order valence-corrected chi connectivity index (χ1v) is 32.2. The molecule has 12 N–H and O–H groups in total. The molecule has 3 nitrogen and oxygen atoms in total. The first kappa shape index (κ1) is 23.3. The van der Waals surface area contributed by atoms with Crippen LogP contribution in [0.2, 0.25) is 0 Å². The van der Waals surface area contributed by atoms with Gasteiger partial charge in [-0.15, -0.1) is 0 Å². The van der Waals surface area contributed by atoms with E-state index in [0.717, 1.165) is 0 Å². The maximum atomic E-state index is 3.35. The van der Waals surface area contributed by atoms with E-state index >= 15 is 0 Å². The maximum absolute atomic E-state index is 3.35. The topological polar surface area (TPSA) is 110 Å². The van der Waals surface area contributed by atoms with Crippen LogP contribution >= 0.6 is 81.0 Å². The second-order valence-corrected chi connectivity index (χ2v) is 158. The summed E-state index contributed by atoms with van der Waals surface area (Å²) < 4.78 is -3.29. The van der Waals surface area contributed by atoms with Gasteiger partial charge in [-0.2, -0.15) is 0 Å². The molecule has 0 saturated carbocycles. The zero-order valence-electron chi connectivity index (χ0n) is 5.60. The summed E-state index contributed by atoms with van der Waals surface area (Å²) in [6.45, 7) is 0. The number of halogens is 6. The van der Waals surface area contributed by atoms with Crippen LogP contribution in [0.25, 0.3) is 0 Å². The van der Waals surface area contributed by atoms with Gasteiger partial charge in [-0.05, 0) is 0 Å². The molecule has 10 heavy (non-hydrogen) atoms. The number of hydrogen-bond acceptors (Lipinski definition) is 0. The molecule has 0 atom stereocenters. The summed E-state index contributed by atoms with van der Waals surface area (Å²) in [6, 6.07) is 0. The van der Waals surface area contributed by atoms with Crippen molar-refractivity contribution in [2.45, 2.75) is 0 Å². The summed E-state index contributed by atoms with van der Waals surface area (Å²) in [6.07, 6.45) is 0. The van der Waals surface area contributed by atoms with Gasteiger partial charge < -0.3 is 18.5 Å². The molecule has 78 valence electrons. The predicted octanol–water partition coefficient (Wildman–Crippen LogP) is 6.20. The second-order valence-electron chi connectivity index (χ2n) is 0.714. The van der Waals surface area contributed by atoms with Crippen molar-refractivity contribution < 1.29 is 0.881 Å². The van der Waals surface area contributed by atoms with E-state index in [4.69, 9.17) is 0 Å². The summed E-state index contributed by atoms with van der Waals surface area (Å²) in [4.78, 5) is 0. The first-order chi connectivity index (χ1) is 2.45. The molecule has 0 spiro atoms. The quantitative estimate of drug-likeness (QED) is 0.265. The van der Waals surface area contributed by atoms with Crippen molar-refractivity contribution in [2.75, 3.05) is 0 Å². The minimum atomic E-state index is -3.29. The van der Waals surface area contributed by atoms with Crippen molar-refractivity contribution in [3.8, 4) is 0 Å². The summed E-state index contributed by atoms with van der Waals surface area (Å²) in [5, 5.41) is 0. The van der Waals surface area contributed by atoms with Crippen LogP contribution in [0.3, 0.4) is 0 Å². The molecule has 0 heterocycles. The summed E-state index contributed by atoms with van der Waals surface area (Å²) in [7, 11) is 0. The Kier molecular flexibility index (Phi) is 11.1. The van der Waals surface area contributed by atoms with Crippen molar-refractivity contribution in [2.24, 2.45) is 0 Å². The maximum Gasteiger partial charge on any atom is -0.369 e. The zero-order chi connectivity index (χ0) is 6.41. The Morgan fingerprint density at radius 1 is 0.500 bits per heavy atom. The number of hydrogen-bond donors (Lipinski definition) is 3. The van der Waals surface area contributed by atoms with E-state index in [-0.39, 0.29) is 18.5 Å². The molecular formula is H12Br6IrN3. The van der Waals surface area contributed by atoms with Crippen LogP contribution in [0.15, 0.2) is 0 Å². The van der Waals surface area contributed by atoms with Crippen LogP contribution < -0.4 is 18.5 Å². The molecule has 0 bridgehead atoms. The van der Waals surface area contributed by atoms with E-state index in [1.54, 1.807) is 0 Å². The van der Waals surface area contributed by atoms with Gasteiger partial charge in [0.25, 0.3) is 0 Å². The molecule has 0 radical (unpaired) electrons. The Hall–Kier alpha value is 3.41. The average molecular weight is 726 g/mol. The van der Waals surface area contributed by atoms with Gasteiger partial charge in [0.05, 0.1) is 0 Å². The fraction of sp³-hybridized carbons (Fsp3) is 0. The van der Waals surface area contributed by atoms with Crippen molar-refractivity contribution in [1.82, 2.24) is 18.5 Å². The fourth-order valence-electron chi connectivity index (χ4n) is 0. The third kappa shape index (κ3) is 106. The van der Waals surface area contributed by atoms with Crippen LogP contribution in [0.5, 0.6) is 0 Å². The summed E-state index contributed by atoms with van der Waals surface area (Å²) in [5.41, 5.74) is 0. The van der Waals surface area contributed by atoms with Crippen molar-refractivity contribution in [3.05, 3.63) is 0 Å². The Morgan fingerprint density at radius 2 is 0.500 bits per heavy atom. The minimum absolute atomic E-state index is 0. The van der Waals surface area contributed by atoms with E-state index in [1.165, 1.54) is 0 Å². The van der Waals surface area contributed by atoms with Crippen molar-refractivity contribution in [3.63, 3.8) is 0 Å². The molecule has 0 aromatic carbocycles. The Labute approximate surface area is 98.2 Å². The van der Waals surface area contributed by atoms with Gasteiger partial charge in [0.15, 0.2) is 0 Å². The van der Waals surface area contributed by atoms with Gasteiger partial charge in [0.2, 0.25) is 0 Å². The molecule has 0 aliphatic carbocycles. The van der Waals surface area contributed by atoms with Crippen LogP contribution in [0.1, 0.15) is 0 Å². The molecule has 0 amide bonds. The van der Waals surface area contributed by atoms with Gasteiger partial charge in [-0.1, -0.05) is 0 Å². The average Bonchev–Trinajstić information content (AvgIpc) is 0.592. The number of quaternary nitrogens is 3. The third-order valence-electron chi connectivity index (χ3n) is 0. The van der Waals surface area contributed by atoms with Gasteiger partial charge in [-0.3, -0.25) is 0 Å². The van der Waals surface area contributed by atoms with Gasteiger partial charge in [-0.25, -0.2) is 0 Å².